The molecule has 1 N–H and O–H groups in total. The maximum absolute atomic E-state index is 12.6. The molecular weight excluding hydrogens is 360 g/mol. The topological polar surface area (TPSA) is 116 Å². The summed E-state index contributed by atoms with van der Waals surface area (Å²) in [6.07, 6.45) is 2.17. The molecule has 0 radical (unpaired) electrons. The van der Waals surface area contributed by atoms with E-state index in [1.165, 1.54) is 21.6 Å². The Balaban J connectivity index is 1.71. The van der Waals surface area contributed by atoms with Gasteiger partial charge in [0, 0.05) is 28.5 Å². The van der Waals surface area contributed by atoms with Crippen LogP contribution in [0.3, 0.4) is 0 Å². The second-order valence-electron chi connectivity index (χ2n) is 6.41. The highest BCUT2D eigenvalue weighted by Gasteiger charge is 2.56. The number of fused-ring (bicyclic) bond motifs is 3. The average molecular weight is 371 g/mol. The van der Waals surface area contributed by atoms with Crippen molar-refractivity contribution in [3.63, 3.8) is 0 Å². The number of benzene rings is 1. The van der Waals surface area contributed by atoms with E-state index in [1.807, 2.05) is 0 Å². The molecule has 3 aromatic rings. The monoisotopic (exact) mass is 370 g/mol. The molecule has 1 saturated carbocycles. The first kappa shape index (κ1) is 15.2. The summed E-state index contributed by atoms with van der Waals surface area (Å²) in [7, 11) is 0. The minimum absolute atomic E-state index is 0.0134. The average Bonchev–Trinajstić information content (AvgIpc) is 3.05. The largest absolute Gasteiger partial charge is 0.480 e. The van der Waals surface area contributed by atoms with Crippen molar-refractivity contribution in [1.29, 1.82) is 0 Å². The van der Waals surface area contributed by atoms with Gasteiger partial charge in [0.2, 0.25) is 0 Å². The van der Waals surface area contributed by atoms with E-state index in [2.05, 4.69) is 20.5 Å². The first-order valence-electron chi connectivity index (χ1n) is 7.94. The highest BCUT2D eigenvalue weighted by atomic mass is 35.5. The second kappa shape index (κ2) is 5.21. The number of carboxylic acids is 1. The summed E-state index contributed by atoms with van der Waals surface area (Å²) >= 11 is 6.14. The highest BCUT2D eigenvalue weighted by molar-refractivity contribution is 6.31. The zero-order valence-corrected chi connectivity index (χ0v) is 13.9. The SMILES string of the molecule is O=C(O)[C@@H]1[C@H]2C[C@H]2c2nc(-c3cc(Cl)ccc3-n3cnnn3)cc(=O)n21. The van der Waals surface area contributed by atoms with Gasteiger partial charge in [-0.3, -0.25) is 9.36 Å². The van der Waals surface area contributed by atoms with Crippen LogP contribution in [-0.2, 0) is 4.79 Å². The van der Waals surface area contributed by atoms with E-state index < -0.39 is 12.0 Å². The zero-order valence-electron chi connectivity index (χ0n) is 13.2. The molecule has 0 saturated heterocycles. The Morgan fingerprint density at radius 2 is 2.15 bits per heavy atom. The van der Waals surface area contributed by atoms with E-state index in [0.717, 1.165) is 6.42 Å². The number of carboxylic acid groups (broad SMARTS) is 1. The molecule has 2 aromatic heterocycles. The van der Waals surface area contributed by atoms with E-state index in [0.29, 0.717) is 27.8 Å². The van der Waals surface area contributed by atoms with Crippen LogP contribution in [0.4, 0.5) is 0 Å². The third kappa shape index (κ3) is 2.10. The number of halogens is 1. The van der Waals surface area contributed by atoms with Crippen LogP contribution in [0.15, 0.2) is 35.4 Å². The number of carbonyl (C=O) groups is 1. The van der Waals surface area contributed by atoms with Gasteiger partial charge >= 0.3 is 5.97 Å². The summed E-state index contributed by atoms with van der Waals surface area (Å²) in [6.45, 7) is 0. The number of rotatable bonds is 3. The molecule has 9 nitrogen and oxygen atoms in total. The van der Waals surface area contributed by atoms with Crippen molar-refractivity contribution in [2.75, 3.05) is 0 Å². The predicted molar refractivity (Wildman–Crippen MR) is 89.2 cm³/mol. The van der Waals surface area contributed by atoms with Gasteiger partial charge in [-0.15, -0.1) is 5.10 Å². The minimum atomic E-state index is -0.995. The highest BCUT2D eigenvalue weighted by Crippen LogP contribution is 2.58. The van der Waals surface area contributed by atoms with Gasteiger partial charge in [-0.2, -0.15) is 4.68 Å². The third-order valence-corrected chi connectivity index (χ3v) is 5.15. The normalized spacial score (nSPS) is 22.7. The number of tetrazole rings is 1. The molecule has 3 atom stereocenters. The first-order valence-corrected chi connectivity index (χ1v) is 8.32. The smallest absolute Gasteiger partial charge is 0.327 e. The van der Waals surface area contributed by atoms with Gasteiger partial charge in [-0.05, 0) is 35.0 Å². The molecule has 2 aliphatic rings. The van der Waals surface area contributed by atoms with Gasteiger partial charge in [0.15, 0.2) is 0 Å². The maximum atomic E-state index is 12.6. The van der Waals surface area contributed by atoms with Gasteiger partial charge in [-0.25, -0.2) is 9.78 Å². The Morgan fingerprint density at radius 3 is 2.88 bits per heavy atom. The Hall–Kier alpha value is -3.07. The van der Waals surface area contributed by atoms with Crippen molar-refractivity contribution in [2.45, 2.75) is 18.4 Å². The Kier molecular flexibility index (Phi) is 3.05. The van der Waals surface area contributed by atoms with Crippen LogP contribution in [0.2, 0.25) is 5.02 Å². The predicted octanol–water partition coefficient (Wildman–Crippen LogP) is 1.28. The van der Waals surface area contributed by atoms with Crippen LogP contribution in [0, 0.1) is 5.92 Å². The van der Waals surface area contributed by atoms with Crippen molar-refractivity contribution in [1.82, 2.24) is 29.8 Å². The molecule has 0 amide bonds. The minimum Gasteiger partial charge on any atom is -0.480 e. The van der Waals surface area contributed by atoms with Gasteiger partial charge in [0.1, 0.15) is 18.2 Å². The second-order valence-corrected chi connectivity index (χ2v) is 6.85. The molecular formula is C16H11ClN6O3. The van der Waals surface area contributed by atoms with E-state index in [1.54, 1.807) is 18.2 Å². The van der Waals surface area contributed by atoms with E-state index >= 15 is 0 Å². The lowest BCUT2D eigenvalue weighted by Gasteiger charge is -2.15. The third-order valence-electron chi connectivity index (χ3n) is 4.92. The molecule has 130 valence electrons. The van der Waals surface area contributed by atoms with Gasteiger partial charge in [-0.1, -0.05) is 11.6 Å². The molecule has 10 heteroatoms. The number of aliphatic carboxylic acids is 1. The number of aromatic nitrogens is 6. The summed E-state index contributed by atoms with van der Waals surface area (Å²) < 4.78 is 2.75. The Bertz CT molecular complexity index is 1110. The fourth-order valence-electron chi connectivity index (χ4n) is 3.72. The van der Waals surface area contributed by atoms with E-state index in [4.69, 9.17) is 11.6 Å². The molecule has 0 bridgehead atoms. The lowest BCUT2D eigenvalue weighted by Crippen LogP contribution is -2.30. The summed E-state index contributed by atoms with van der Waals surface area (Å²) in [6, 6.07) is 5.62. The van der Waals surface area contributed by atoms with E-state index in [9.17, 15) is 14.7 Å². The standard InChI is InChI=1S/C16H11ClN6O3/c17-7-1-2-12(22-6-18-20-21-22)10(3-7)11-5-13(24)23-14(16(25)26)8-4-9(8)15(23)19-11/h1-3,5-6,8-9,14H,4H2,(H,25,26)/t8-,9+,14-/m0/s1. The molecule has 1 aromatic carbocycles. The van der Waals surface area contributed by atoms with Crippen LogP contribution < -0.4 is 5.56 Å². The van der Waals surface area contributed by atoms with Crippen molar-refractivity contribution < 1.29 is 9.90 Å². The van der Waals surface area contributed by atoms with E-state index in [-0.39, 0.29) is 17.4 Å². The van der Waals surface area contributed by atoms with Gasteiger partial charge < -0.3 is 5.11 Å². The maximum Gasteiger partial charge on any atom is 0.327 e. The molecule has 0 unspecified atom stereocenters. The van der Waals surface area contributed by atoms with Crippen molar-refractivity contribution >= 4 is 17.6 Å². The van der Waals surface area contributed by atoms with Crippen molar-refractivity contribution in [3.8, 4) is 16.9 Å². The lowest BCUT2D eigenvalue weighted by molar-refractivity contribution is -0.141. The Morgan fingerprint density at radius 1 is 1.31 bits per heavy atom. The fourth-order valence-corrected chi connectivity index (χ4v) is 3.89. The fraction of sp³-hybridized carbons (Fsp3) is 0.250. The van der Waals surface area contributed by atoms with Crippen LogP contribution in [-0.4, -0.2) is 40.8 Å². The number of nitrogens with zero attached hydrogens (tertiary/aromatic N) is 6. The van der Waals surface area contributed by atoms with Crippen LogP contribution in [0.5, 0.6) is 0 Å². The lowest BCUT2D eigenvalue weighted by atomic mass is 10.1. The molecule has 26 heavy (non-hydrogen) atoms. The molecule has 3 heterocycles. The van der Waals surface area contributed by atoms with Crippen LogP contribution in [0.1, 0.15) is 24.2 Å². The van der Waals surface area contributed by atoms with Crippen LogP contribution >= 0.6 is 11.6 Å². The van der Waals surface area contributed by atoms with Gasteiger partial charge in [0.05, 0.1) is 11.4 Å². The van der Waals surface area contributed by atoms with Gasteiger partial charge in [0.25, 0.3) is 5.56 Å². The molecule has 1 aliphatic carbocycles. The Labute approximate surface area is 150 Å². The summed E-state index contributed by atoms with van der Waals surface area (Å²) in [5.41, 5.74) is 1.26. The summed E-state index contributed by atoms with van der Waals surface area (Å²) in [5.74, 6) is -0.515. The summed E-state index contributed by atoms with van der Waals surface area (Å²) in [5, 5.41) is 21.1. The number of hydrogen-bond donors (Lipinski definition) is 1. The molecule has 1 fully saturated rings. The molecule has 1 aliphatic heterocycles. The van der Waals surface area contributed by atoms with Crippen LogP contribution in [0.25, 0.3) is 16.9 Å². The molecule has 0 spiro atoms. The first-order chi connectivity index (χ1) is 12.5. The van der Waals surface area contributed by atoms with Crippen molar-refractivity contribution in [3.05, 3.63) is 51.8 Å². The number of hydrogen-bond acceptors (Lipinski definition) is 6. The summed E-state index contributed by atoms with van der Waals surface area (Å²) in [4.78, 5) is 28.8. The van der Waals surface area contributed by atoms with Crippen molar-refractivity contribution in [2.24, 2.45) is 5.92 Å². The molecule has 5 rings (SSSR count). The zero-order chi connectivity index (χ0) is 18.0. The quantitative estimate of drug-likeness (QED) is 0.738.